The Bertz CT molecular complexity index is 386. The van der Waals surface area contributed by atoms with Crippen LogP contribution in [-0.2, 0) is 0 Å². The van der Waals surface area contributed by atoms with Gasteiger partial charge in [0, 0.05) is 24.2 Å². The van der Waals surface area contributed by atoms with Crippen LogP contribution >= 0.6 is 0 Å². The largest absolute Gasteiger partial charge is 0.398 e. The third-order valence-electron chi connectivity index (χ3n) is 2.68. The Morgan fingerprint density at radius 3 is 2.71 bits per heavy atom. The van der Waals surface area contributed by atoms with Crippen LogP contribution < -0.4 is 11.1 Å². The third-order valence-corrected chi connectivity index (χ3v) is 2.68. The van der Waals surface area contributed by atoms with E-state index in [1.54, 1.807) is 6.07 Å². The van der Waals surface area contributed by atoms with Crippen molar-refractivity contribution in [2.45, 2.75) is 27.2 Å². The first-order valence-electron chi connectivity index (χ1n) is 6.10. The van der Waals surface area contributed by atoms with E-state index in [4.69, 9.17) is 5.73 Å². The molecule has 0 aliphatic heterocycles. The van der Waals surface area contributed by atoms with Crippen molar-refractivity contribution in [2.75, 3.05) is 18.8 Å². The Morgan fingerprint density at radius 2 is 2.12 bits per heavy atom. The van der Waals surface area contributed by atoms with E-state index in [0.29, 0.717) is 23.6 Å². The summed E-state index contributed by atoms with van der Waals surface area (Å²) in [5, 5.41) is 3.26. The lowest BCUT2D eigenvalue weighted by Gasteiger charge is -2.07. The number of carbonyl (C=O) groups is 1. The lowest BCUT2D eigenvalue weighted by molar-refractivity contribution is 0.0982. The van der Waals surface area contributed by atoms with Crippen LogP contribution in [0, 0.1) is 12.8 Å². The fourth-order valence-corrected chi connectivity index (χ4v) is 1.55. The van der Waals surface area contributed by atoms with Crippen molar-refractivity contribution in [2.24, 2.45) is 5.92 Å². The molecule has 0 radical (unpaired) electrons. The van der Waals surface area contributed by atoms with Crippen LogP contribution in [-0.4, -0.2) is 18.9 Å². The summed E-state index contributed by atoms with van der Waals surface area (Å²) >= 11 is 0. The highest BCUT2D eigenvalue weighted by molar-refractivity contribution is 5.97. The average Bonchev–Trinajstić information content (AvgIpc) is 2.27. The van der Waals surface area contributed by atoms with Gasteiger partial charge in [-0.1, -0.05) is 26.0 Å². The van der Waals surface area contributed by atoms with Gasteiger partial charge in [0.05, 0.1) is 0 Å². The first-order chi connectivity index (χ1) is 8.00. The van der Waals surface area contributed by atoms with Gasteiger partial charge in [0.2, 0.25) is 0 Å². The van der Waals surface area contributed by atoms with E-state index in [-0.39, 0.29) is 5.78 Å². The van der Waals surface area contributed by atoms with E-state index in [1.807, 2.05) is 19.1 Å². The summed E-state index contributed by atoms with van der Waals surface area (Å²) in [5.41, 5.74) is 8.19. The number of rotatable bonds is 6. The summed E-state index contributed by atoms with van der Waals surface area (Å²) in [6, 6.07) is 5.50. The molecule has 3 heteroatoms. The molecule has 3 nitrogen and oxygen atoms in total. The number of nitrogen functional groups attached to an aromatic ring is 1. The number of hydrogen-bond acceptors (Lipinski definition) is 3. The molecule has 1 aromatic rings. The summed E-state index contributed by atoms with van der Waals surface area (Å²) in [6.07, 6.45) is 0.523. The van der Waals surface area contributed by atoms with E-state index < -0.39 is 0 Å². The second kappa shape index (κ2) is 6.40. The van der Waals surface area contributed by atoms with Gasteiger partial charge in [-0.05, 0) is 31.0 Å². The molecule has 0 unspecified atom stereocenters. The zero-order valence-corrected chi connectivity index (χ0v) is 10.9. The standard InChI is InChI=1S/C14H22N2O/c1-10(2)9-16-7-6-14(17)12-5-4-11(3)13(15)8-12/h4-5,8,10,16H,6-7,9,15H2,1-3H3. The zero-order valence-electron chi connectivity index (χ0n) is 10.9. The summed E-state index contributed by atoms with van der Waals surface area (Å²) in [7, 11) is 0. The predicted octanol–water partition coefficient (Wildman–Crippen LogP) is 2.40. The van der Waals surface area contributed by atoms with Gasteiger partial charge in [-0.25, -0.2) is 0 Å². The molecule has 0 aliphatic carbocycles. The van der Waals surface area contributed by atoms with Crippen LogP contribution in [0.2, 0.25) is 0 Å². The zero-order chi connectivity index (χ0) is 12.8. The lowest BCUT2D eigenvalue weighted by Crippen LogP contribution is -2.22. The lowest BCUT2D eigenvalue weighted by atomic mass is 10.0. The summed E-state index contributed by atoms with van der Waals surface area (Å²) in [4.78, 5) is 11.9. The second-order valence-corrected chi connectivity index (χ2v) is 4.84. The van der Waals surface area contributed by atoms with Gasteiger partial charge in [-0.3, -0.25) is 4.79 Å². The van der Waals surface area contributed by atoms with E-state index in [0.717, 1.165) is 18.7 Å². The van der Waals surface area contributed by atoms with Gasteiger partial charge in [0.15, 0.2) is 5.78 Å². The smallest absolute Gasteiger partial charge is 0.164 e. The highest BCUT2D eigenvalue weighted by Gasteiger charge is 2.06. The molecule has 0 saturated heterocycles. The summed E-state index contributed by atoms with van der Waals surface area (Å²) in [6.45, 7) is 7.91. The van der Waals surface area contributed by atoms with Crippen LogP contribution in [0.15, 0.2) is 18.2 Å². The monoisotopic (exact) mass is 234 g/mol. The SMILES string of the molecule is Cc1ccc(C(=O)CCNCC(C)C)cc1N. The molecule has 3 N–H and O–H groups in total. The Labute approximate surface area is 103 Å². The first-order valence-corrected chi connectivity index (χ1v) is 6.10. The first kappa shape index (κ1) is 13.7. The van der Waals surface area contributed by atoms with Crippen molar-refractivity contribution < 1.29 is 4.79 Å². The van der Waals surface area contributed by atoms with E-state index in [1.165, 1.54) is 0 Å². The molecular weight excluding hydrogens is 212 g/mol. The maximum Gasteiger partial charge on any atom is 0.164 e. The third kappa shape index (κ3) is 4.57. The summed E-state index contributed by atoms with van der Waals surface area (Å²) in [5.74, 6) is 0.757. The van der Waals surface area contributed by atoms with E-state index in [2.05, 4.69) is 19.2 Å². The molecule has 1 rings (SSSR count). The topological polar surface area (TPSA) is 55.1 Å². The quantitative estimate of drug-likeness (QED) is 0.451. The maximum absolute atomic E-state index is 11.9. The normalized spacial score (nSPS) is 10.8. The van der Waals surface area contributed by atoms with Crippen LogP contribution in [0.25, 0.3) is 0 Å². The molecule has 0 amide bonds. The number of Topliss-reactive ketones (excluding diaryl/α,β-unsaturated/α-hetero) is 1. The minimum absolute atomic E-state index is 0.146. The number of anilines is 1. The fraction of sp³-hybridized carbons (Fsp3) is 0.500. The number of hydrogen-bond donors (Lipinski definition) is 2. The summed E-state index contributed by atoms with van der Waals surface area (Å²) < 4.78 is 0. The average molecular weight is 234 g/mol. The fourth-order valence-electron chi connectivity index (χ4n) is 1.55. The Balaban J connectivity index is 2.44. The van der Waals surface area contributed by atoms with E-state index in [9.17, 15) is 4.79 Å². The molecule has 1 aromatic carbocycles. The van der Waals surface area contributed by atoms with Gasteiger partial charge in [-0.2, -0.15) is 0 Å². The van der Waals surface area contributed by atoms with Crippen molar-refractivity contribution in [3.05, 3.63) is 29.3 Å². The molecule has 0 spiro atoms. The van der Waals surface area contributed by atoms with Crippen molar-refractivity contribution in [1.82, 2.24) is 5.32 Å². The number of benzene rings is 1. The van der Waals surface area contributed by atoms with Crippen LogP contribution in [0.1, 0.15) is 36.2 Å². The molecule has 0 fully saturated rings. The molecule has 0 aromatic heterocycles. The molecule has 0 saturated carbocycles. The Hall–Kier alpha value is -1.35. The van der Waals surface area contributed by atoms with Crippen molar-refractivity contribution in [3.8, 4) is 0 Å². The van der Waals surface area contributed by atoms with E-state index >= 15 is 0 Å². The molecule has 17 heavy (non-hydrogen) atoms. The number of carbonyl (C=O) groups excluding carboxylic acids is 1. The number of ketones is 1. The predicted molar refractivity (Wildman–Crippen MR) is 72.2 cm³/mol. The van der Waals surface area contributed by atoms with Gasteiger partial charge in [-0.15, -0.1) is 0 Å². The minimum Gasteiger partial charge on any atom is -0.398 e. The molecule has 0 heterocycles. The van der Waals surface area contributed by atoms with Crippen LogP contribution in [0.5, 0.6) is 0 Å². The molecule has 94 valence electrons. The van der Waals surface area contributed by atoms with Gasteiger partial charge < -0.3 is 11.1 Å². The van der Waals surface area contributed by atoms with Crippen molar-refractivity contribution >= 4 is 11.5 Å². The van der Waals surface area contributed by atoms with Crippen LogP contribution in [0.3, 0.4) is 0 Å². The van der Waals surface area contributed by atoms with Gasteiger partial charge >= 0.3 is 0 Å². The Morgan fingerprint density at radius 1 is 1.41 bits per heavy atom. The molecule has 0 aliphatic rings. The highest BCUT2D eigenvalue weighted by atomic mass is 16.1. The number of nitrogens with two attached hydrogens (primary N) is 1. The molecule has 0 atom stereocenters. The van der Waals surface area contributed by atoms with Crippen molar-refractivity contribution in [1.29, 1.82) is 0 Å². The highest BCUT2D eigenvalue weighted by Crippen LogP contribution is 2.14. The van der Waals surface area contributed by atoms with Crippen LogP contribution in [0.4, 0.5) is 5.69 Å². The minimum atomic E-state index is 0.146. The second-order valence-electron chi connectivity index (χ2n) is 4.84. The maximum atomic E-state index is 11.9. The number of nitrogens with one attached hydrogen (secondary N) is 1. The van der Waals surface area contributed by atoms with Gasteiger partial charge in [0.25, 0.3) is 0 Å². The van der Waals surface area contributed by atoms with Gasteiger partial charge in [0.1, 0.15) is 0 Å². The number of aryl methyl sites for hydroxylation is 1. The van der Waals surface area contributed by atoms with Crippen molar-refractivity contribution in [3.63, 3.8) is 0 Å². The molecule has 0 bridgehead atoms. The Kier molecular flexibility index (Phi) is 5.16. The molecular formula is C14H22N2O.